The Hall–Kier alpha value is -2.55. The van der Waals surface area contributed by atoms with E-state index >= 15 is 0 Å². The van der Waals surface area contributed by atoms with E-state index in [9.17, 15) is 9.59 Å². The molecular weight excluding hydrogens is 378 g/mol. The number of amides is 1. The van der Waals surface area contributed by atoms with Crippen LogP contribution in [0, 0.1) is 0 Å². The zero-order valence-electron chi connectivity index (χ0n) is 13.1. The van der Waals surface area contributed by atoms with Gasteiger partial charge in [0.15, 0.2) is 0 Å². The molecule has 1 amide bonds. The largest absolute Gasteiger partial charge is 0.467 e. The lowest BCUT2D eigenvalue weighted by molar-refractivity contribution is -0.144. The van der Waals surface area contributed by atoms with Gasteiger partial charge in [0.05, 0.1) is 19.0 Å². The first-order valence-corrected chi connectivity index (χ1v) is 7.83. The molecule has 1 aromatic carbocycles. The zero-order chi connectivity index (χ0) is 17.5. The molecule has 8 nitrogen and oxygen atoms in total. The van der Waals surface area contributed by atoms with Gasteiger partial charge in [0.25, 0.3) is 0 Å². The van der Waals surface area contributed by atoms with E-state index in [0.717, 1.165) is 4.47 Å². The fourth-order valence-electron chi connectivity index (χ4n) is 1.92. The summed E-state index contributed by atoms with van der Waals surface area (Å²) in [5.74, 6) is -0.544. The Bertz CT molecular complexity index is 742. The molecular formula is C15H16BrN5O3. The molecule has 0 spiro atoms. The highest BCUT2D eigenvalue weighted by Crippen LogP contribution is 2.19. The molecule has 0 aliphatic carbocycles. The van der Waals surface area contributed by atoms with Crippen molar-refractivity contribution in [2.24, 2.45) is 10.2 Å². The summed E-state index contributed by atoms with van der Waals surface area (Å²) in [5.41, 5.74) is 1.31. The minimum absolute atomic E-state index is 0.215. The van der Waals surface area contributed by atoms with E-state index in [-0.39, 0.29) is 12.3 Å². The van der Waals surface area contributed by atoms with Crippen molar-refractivity contribution in [3.8, 4) is 0 Å². The minimum Gasteiger partial charge on any atom is -0.467 e. The topological polar surface area (TPSA) is 109 Å². The van der Waals surface area contributed by atoms with Gasteiger partial charge in [-0.3, -0.25) is 4.79 Å². The number of imidazole rings is 1. The highest BCUT2D eigenvalue weighted by Gasteiger charge is 2.21. The number of carbonyl (C=O) groups excluding carboxylic acids is 2. The lowest BCUT2D eigenvalue weighted by Crippen LogP contribution is -2.42. The van der Waals surface area contributed by atoms with Crippen LogP contribution in [0.5, 0.6) is 0 Å². The Kier molecular flexibility index (Phi) is 6.19. The molecule has 1 heterocycles. The molecule has 1 aromatic heterocycles. The maximum Gasteiger partial charge on any atom is 0.328 e. The van der Waals surface area contributed by atoms with Crippen molar-refractivity contribution in [3.63, 3.8) is 0 Å². The van der Waals surface area contributed by atoms with E-state index in [1.165, 1.54) is 20.2 Å². The highest BCUT2D eigenvalue weighted by molar-refractivity contribution is 9.10. The van der Waals surface area contributed by atoms with Crippen molar-refractivity contribution in [3.05, 3.63) is 40.6 Å². The number of methoxy groups -OCH3 is 1. The van der Waals surface area contributed by atoms with Crippen LogP contribution in [0.25, 0.3) is 0 Å². The summed E-state index contributed by atoms with van der Waals surface area (Å²) < 4.78 is 5.63. The van der Waals surface area contributed by atoms with Crippen LogP contribution in [0.3, 0.4) is 0 Å². The summed E-state index contributed by atoms with van der Waals surface area (Å²) in [6.07, 6.45) is 1.75. The van der Waals surface area contributed by atoms with Crippen molar-refractivity contribution in [2.45, 2.75) is 19.4 Å². The van der Waals surface area contributed by atoms with E-state index in [1.807, 2.05) is 24.3 Å². The molecule has 24 heavy (non-hydrogen) atoms. The summed E-state index contributed by atoms with van der Waals surface area (Å²) >= 11 is 3.34. The van der Waals surface area contributed by atoms with Gasteiger partial charge in [-0.15, -0.1) is 10.2 Å². The molecule has 126 valence electrons. The molecule has 0 aliphatic rings. The zero-order valence-corrected chi connectivity index (χ0v) is 14.7. The average molecular weight is 394 g/mol. The molecule has 0 bridgehead atoms. The first-order valence-electron chi connectivity index (χ1n) is 7.04. The van der Waals surface area contributed by atoms with Gasteiger partial charge in [0.1, 0.15) is 6.04 Å². The summed E-state index contributed by atoms with van der Waals surface area (Å²) in [6.45, 7) is 1.33. The van der Waals surface area contributed by atoms with Crippen molar-refractivity contribution in [2.75, 3.05) is 7.11 Å². The number of rotatable bonds is 6. The number of hydrogen-bond acceptors (Lipinski definition) is 6. The number of esters is 1. The normalized spacial score (nSPS) is 12.1. The predicted octanol–water partition coefficient (Wildman–Crippen LogP) is 2.81. The van der Waals surface area contributed by atoms with Crippen LogP contribution in [0.2, 0.25) is 0 Å². The van der Waals surface area contributed by atoms with Gasteiger partial charge in [-0.2, -0.15) is 0 Å². The van der Waals surface area contributed by atoms with Gasteiger partial charge in [0.2, 0.25) is 11.9 Å². The number of benzene rings is 1. The van der Waals surface area contributed by atoms with Gasteiger partial charge in [-0.1, -0.05) is 15.9 Å². The molecule has 0 aliphatic heterocycles. The van der Waals surface area contributed by atoms with Gasteiger partial charge in [-0.05, 0) is 24.3 Å². The van der Waals surface area contributed by atoms with Crippen LogP contribution in [-0.2, 0) is 20.7 Å². The van der Waals surface area contributed by atoms with Crippen molar-refractivity contribution < 1.29 is 14.3 Å². The Morgan fingerprint density at radius 2 is 2.04 bits per heavy atom. The second-order valence-corrected chi connectivity index (χ2v) is 5.80. The second kappa shape index (κ2) is 8.34. The van der Waals surface area contributed by atoms with E-state index in [2.05, 4.69) is 46.2 Å². The molecule has 2 N–H and O–H groups in total. The molecule has 1 atom stereocenters. The third-order valence-corrected chi connectivity index (χ3v) is 3.52. The number of nitrogens with one attached hydrogen (secondary N) is 2. The number of aromatic amines is 1. The molecule has 0 fully saturated rings. The number of H-pyrrole nitrogens is 1. The van der Waals surface area contributed by atoms with E-state index in [1.54, 1.807) is 0 Å². The van der Waals surface area contributed by atoms with E-state index in [0.29, 0.717) is 17.3 Å². The van der Waals surface area contributed by atoms with Crippen LogP contribution >= 0.6 is 15.9 Å². The molecule has 2 aromatic rings. The highest BCUT2D eigenvalue weighted by atomic mass is 79.9. The lowest BCUT2D eigenvalue weighted by Gasteiger charge is -2.14. The smallest absolute Gasteiger partial charge is 0.328 e. The number of hydrogen-bond donors (Lipinski definition) is 2. The quantitative estimate of drug-likeness (QED) is 0.580. The molecule has 0 saturated carbocycles. The van der Waals surface area contributed by atoms with Gasteiger partial charge >= 0.3 is 5.97 Å². The number of azo groups is 1. The van der Waals surface area contributed by atoms with Crippen LogP contribution in [0.1, 0.15) is 12.6 Å². The Labute approximate surface area is 146 Å². The van der Waals surface area contributed by atoms with Gasteiger partial charge in [-0.25, -0.2) is 9.78 Å². The molecule has 0 radical (unpaired) electrons. The van der Waals surface area contributed by atoms with Crippen LogP contribution in [0.4, 0.5) is 11.6 Å². The van der Waals surface area contributed by atoms with Crippen molar-refractivity contribution in [1.29, 1.82) is 0 Å². The third kappa shape index (κ3) is 5.27. The Morgan fingerprint density at radius 1 is 1.33 bits per heavy atom. The fourth-order valence-corrected chi connectivity index (χ4v) is 2.18. The molecule has 9 heteroatoms. The SMILES string of the molecule is COC(=O)C(Cc1cnc(N=Nc2ccc(Br)cc2)[nH]1)NC(C)=O. The van der Waals surface area contributed by atoms with Crippen LogP contribution in [0.15, 0.2) is 45.2 Å². The van der Waals surface area contributed by atoms with Crippen molar-refractivity contribution in [1.82, 2.24) is 15.3 Å². The minimum atomic E-state index is -0.788. The summed E-state index contributed by atoms with van der Waals surface area (Å²) in [7, 11) is 1.27. The van der Waals surface area contributed by atoms with E-state index in [4.69, 9.17) is 0 Å². The number of nitrogens with zero attached hydrogens (tertiary/aromatic N) is 3. The first-order chi connectivity index (χ1) is 11.5. The summed E-state index contributed by atoms with van der Waals surface area (Å²) in [5, 5.41) is 10.6. The number of carbonyl (C=O) groups is 2. The van der Waals surface area contributed by atoms with E-state index < -0.39 is 12.0 Å². The van der Waals surface area contributed by atoms with Crippen LogP contribution < -0.4 is 5.32 Å². The van der Waals surface area contributed by atoms with Crippen LogP contribution in [-0.4, -0.2) is 35.0 Å². The molecule has 2 rings (SSSR count). The summed E-state index contributed by atoms with van der Waals surface area (Å²) in [6, 6.07) is 6.54. The summed E-state index contributed by atoms with van der Waals surface area (Å²) in [4.78, 5) is 29.9. The fraction of sp³-hybridized carbons (Fsp3) is 0.267. The Balaban J connectivity index is 2.04. The Morgan fingerprint density at radius 3 is 2.67 bits per heavy atom. The second-order valence-electron chi connectivity index (χ2n) is 4.89. The molecule has 0 saturated heterocycles. The standard InChI is InChI=1S/C15H16BrN5O3/c1-9(22)18-13(14(23)24-2)7-12-8-17-15(19-12)21-20-11-5-3-10(16)4-6-11/h3-6,8,13H,7H2,1-2H3,(H,17,19)(H,18,22). The maximum absolute atomic E-state index is 11.7. The monoisotopic (exact) mass is 393 g/mol. The maximum atomic E-state index is 11.7. The third-order valence-electron chi connectivity index (χ3n) is 2.99. The van der Waals surface area contributed by atoms with Gasteiger partial charge in [0, 0.05) is 23.5 Å². The predicted molar refractivity (Wildman–Crippen MR) is 90.2 cm³/mol. The average Bonchev–Trinajstić information content (AvgIpc) is 3.00. The molecule has 1 unspecified atom stereocenters. The van der Waals surface area contributed by atoms with Gasteiger partial charge < -0.3 is 15.0 Å². The number of aromatic nitrogens is 2. The van der Waals surface area contributed by atoms with Crippen molar-refractivity contribution >= 4 is 39.4 Å². The number of ether oxygens (including phenoxy) is 1. The lowest BCUT2D eigenvalue weighted by atomic mass is 10.1. The number of halogens is 1. The first kappa shape index (κ1) is 17.8.